The molecule has 8 nitrogen and oxygen atoms in total. The average Bonchev–Trinajstić information content (AvgIpc) is 3.07. The summed E-state index contributed by atoms with van der Waals surface area (Å²) in [6.45, 7) is 1.77. The Balaban J connectivity index is 1.69. The third-order valence-corrected chi connectivity index (χ3v) is 5.80. The summed E-state index contributed by atoms with van der Waals surface area (Å²) in [5.74, 6) is -0.854. The van der Waals surface area contributed by atoms with Crippen LogP contribution < -0.4 is 4.31 Å². The number of nitriles is 1. The summed E-state index contributed by atoms with van der Waals surface area (Å²) in [6.07, 6.45) is 2.22. The molecule has 1 aromatic rings. The highest BCUT2D eigenvalue weighted by molar-refractivity contribution is 7.92. The summed E-state index contributed by atoms with van der Waals surface area (Å²) < 4.78 is 36.7. The van der Waals surface area contributed by atoms with Crippen molar-refractivity contribution in [2.75, 3.05) is 43.4 Å². The van der Waals surface area contributed by atoms with Crippen LogP contribution in [0.3, 0.4) is 0 Å². The van der Waals surface area contributed by atoms with Crippen LogP contribution in [0, 0.1) is 11.3 Å². The highest BCUT2D eigenvalue weighted by Gasteiger charge is 2.41. The van der Waals surface area contributed by atoms with Crippen LogP contribution in [0.15, 0.2) is 24.3 Å². The quantitative estimate of drug-likeness (QED) is 0.763. The van der Waals surface area contributed by atoms with E-state index in [-0.39, 0.29) is 12.5 Å². The molecule has 140 valence electrons. The van der Waals surface area contributed by atoms with Crippen molar-refractivity contribution in [1.29, 1.82) is 5.26 Å². The van der Waals surface area contributed by atoms with Crippen LogP contribution in [0.1, 0.15) is 18.4 Å². The Labute approximate surface area is 152 Å². The molecule has 1 amide bonds. The zero-order valence-electron chi connectivity index (χ0n) is 14.6. The molecule has 0 N–H and O–H groups in total. The number of carbonyl (C=O) groups is 1. The second-order valence-electron chi connectivity index (χ2n) is 6.42. The maximum atomic E-state index is 12.6. The lowest BCUT2D eigenvalue weighted by molar-refractivity contribution is -0.187. The molecule has 2 aliphatic heterocycles. The lowest BCUT2D eigenvalue weighted by Gasteiger charge is -2.38. The van der Waals surface area contributed by atoms with Crippen LogP contribution in [0.5, 0.6) is 0 Å². The molecule has 3 rings (SSSR count). The average molecular weight is 379 g/mol. The van der Waals surface area contributed by atoms with Crippen LogP contribution in [-0.4, -0.2) is 64.1 Å². The highest BCUT2D eigenvalue weighted by atomic mass is 32.2. The monoisotopic (exact) mass is 379 g/mol. The number of ether oxygens (including phenoxy) is 2. The zero-order chi connectivity index (χ0) is 18.8. The van der Waals surface area contributed by atoms with E-state index in [0.717, 1.165) is 10.6 Å². The first kappa shape index (κ1) is 18.6. The molecule has 1 spiro atoms. The van der Waals surface area contributed by atoms with Gasteiger partial charge in [0, 0.05) is 25.9 Å². The number of amides is 1. The van der Waals surface area contributed by atoms with E-state index >= 15 is 0 Å². The van der Waals surface area contributed by atoms with Gasteiger partial charge in [0.15, 0.2) is 5.79 Å². The Bertz CT molecular complexity index is 800. The summed E-state index contributed by atoms with van der Waals surface area (Å²) in [7, 11) is -3.64. The third kappa shape index (κ3) is 3.98. The lowest BCUT2D eigenvalue weighted by Crippen LogP contribution is -2.50. The molecule has 2 fully saturated rings. The van der Waals surface area contributed by atoms with E-state index in [0.29, 0.717) is 50.4 Å². The number of anilines is 1. The van der Waals surface area contributed by atoms with Gasteiger partial charge in [-0.3, -0.25) is 9.10 Å². The largest absolute Gasteiger partial charge is 0.347 e. The van der Waals surface area contributed by atoms with Crippen molar-refractivity contribution in [3.8, 4) is 6.07 Å². The smallest absolute Gasteiger partial charge is 0.243 e. The van der Waals surface area contributed by atoms with Crippen LogP contribution >= 0.6 is 0 Å². The number of rotatable bonds is 4. The lowest BCUT2D eigenvalue weighted by atomic mass is 10.0. The number of sulfonamides is 1. The topological polar surface area (TPSA) is 99.9 Å². The molecule has 26 heavy (non-hydrogen) atoms. The molecule has 0 radical (unpaired) electrons. The maximum absolute atomic E-state index is 12.6. The standard InChI is InChI=1S/C17H21N3O5S/c1-26(22,23)20(15-4-2-14(12-18)3-5-15)13-16(21)19-8-6-17(7-9-19)24-10-11-25-17/h2-5H,6-11,13H2,1H3. The van der Waals surface area contributed by atoms with E-state index in [9.17, 15) is 13.2 Å². The minimum atomic E-state index is -3.64. The zero-order valence-corrected chi connectivity index (χ0v) is 15.4. The molecule has 0 aromatic heterocycles. The van der Waals surface area contributed by atoms with Gasteiger partial charge in [-0.2, -0.15) is 5.26 Å². The molecule has 0 atom stereocenters. The molecule has 2 saturated heterocycles. The summed E-state index contributed by atoms with van der Waals surface area (Å²) >= 11 is 0. The van der Waals surface area contributed by atoms with E-state index in [1.165, 1.54) is 24.3 Å². The predicted octanol–water partition coefficient (Wildman–Crippen LogP) is 0.690. The van der Waals surface area contributed by atoms with Crippen molar-refractivity contribution >= 4 is 21.6 Å². The predicted molar refractivity (Wildman–Crippen MR) is 93.8 cm³/mol. The fourth-order valence-electron chi connectivity index (χ4n) is 3.21. The van der Waals surface area contributed by atoms with E-state index in [1.54, 1.807) is 4.90 Å². The summed E-state index contributed by atoms with van der Waals surface area (Å²) in [4.78, 5) is 14.3. The van der Waals surface area contributed by atoms with E-state index < -0.39 is 15.8 Å². The second kappa shape index (κ2) is 7.23. The van der Waals surface area contributed by atoms with Gasteiger partial charge in [-0.25, -0.2) is 8.42 Å². The number of hydrogen-bond donors (Lipinski definition) is 0. The number of carbonyl (C=O) groups excluding carboxylic acids is 1. The van der Waals surface area contributed by atoms with Crippen molar-refractivity contribution in [1.82, 2.24) is 4.90 Å². The molecule has 9 heteroatoms. The molecular formula is C17H21N3O5S. The molecule has 2 heterocycles. The minimum absolute atomic E-state index is 0.271. The maximum Gasteiger partial charge on any atom is 0.243 e. The van der Waals surface area contributed by atoms with Crippen LogP contribution in [-0.2, 0) is 24.3 Å². The Morgan fingerprint density at radius 1 is 1.23 bits per heavy atom. The molecule has 0 saturated carbocycles. The van der Waals surface area contributed by atoms with Gasteiger partial charge in [0.05, 0.1) is 36.8 Å². The van der Waals surface area contributed by atoms with Gasteiger partial charge in [0.1, 0.15) is 6.54 Å². The number of benzene rings is 1. The van der Waals surface area contributed by atoms with E-state index in [4.69, 9.17) is 14.7 Å². The van der Waals surface area contributed by atoms with Crippen molar-refractivity contribution < 1.29 is 22.7 Å². The number of likely N-dealkylation sites (tertiary alicyclic amines) is 1. The van der Waals surface area contributed by atoms with Crippen molar-refractivity contribution in [3.63, 3.8) is 0 Å². The molecule has 2 aliphatic rings. The number of piperidine rings is 1. The van der Waals surface area contributed by atoms with Crippen LogP contribution in [0.2, 0.25) is 0 Å². The fourth-order valence-corrected chi connectivity index (χ4v) is 4.06. The molecular weight excluding hydrogens is 358 g/mol. The van der Waals surface area contributed by atoms with Crippen LogP contribution in [0.4, 0.5) is 5.69 Å². The number of hydrogen-bond acceptors (Lipinski definition) is 6. The summed E-state index contributed by atoms with van der Waals surface area (Å²) in [5.41, 5.74) is 0.780. The highest BCUT2D eigenvalue weighted by Crippen LogP contribution is 2.31. The van der Waals surface area contributed by atoms with Crippen LogP contribution in [0.25, 0.3) is 0 Å². The first-order valence-corrected chi connectivity index (χ1v) is 10.2. The Hall–Kier alpha value is -2.15. The van der Waals surface area contributed by atoms with Gasteiger partial charge >= 0.3 is 0 Å². The normalized spacial score (nSPS) is 19.3. The van der Waals surface area contributed by atoms with Crippen molar-refractivity contribution in [2.45, 2.75) is 18.6 Å². The molecule has 0 aliphatic carbocycles. The van der Waals surface area contributed by atoms with Gasteiger partial charge in [0.2, 0.25) is 15.9 Å². The van der Waals surface area contributed by atoms with Gasteiger partial charge in [-0.1, -0.05) is 0 Å². The summed E-state index contributed by atoms with van der Waals surface area (Å²) in [5, 5.41) is 8.87. The van der Waals surface area contributed by atoms with Crippen molar-refractivity contribution in [2.24, 2.45) is 0 Å². The van der Waals surface area contributed by atoms with E-state index in [2.05, 4.69) is 0 Å². The SMILES string of the molecule is CS(=O)(=O)N(CC(=O)N1CCC2(CC1)OCCO2)c1ccc(C#N)cc1. The third-order valence-electron chi connectivity index (χ3n) is 4.66. The van der Waals surface area contributed by atoms with E-state index in [1.807, 2.05) is 6.07 Å². The Morgan fingerprint density at radius 2 is 1.81 bits per heavy atom. The summed E-state index contributed by atoms with van der Waals surface area (Å²) in [6, 6.07) is 8.08. The Kier molecular flexibility index (Phi) is 5.18. The molecule has 0 unspecified atom stereocenters. The first-order chi connectivity index (χ1) is 12.3. The Morgan fingerprint density at radius 3 is 2.31 bits per heavy atom. The van der Waals surface area contributed by atoms with Gasteiger partial charge in [0.25, 0.3) is 0 Å². The minimum Gasteiger partial charge on any atom is -0.347 e. The van der Waals surface area contributed by atoms with Gasteiger partial charge < -0.3 is 14.4 Å². The van der Waals surface area contributed by atoms with Gasteiger partial charge in [-0.05, 0) is 24.3 Å². The first-order valence-electron chi connectivity index (χ1n) is 8.37. The number of nitrogens with zero attached hydrogens (tertiary/aromatic N) is 3. The molecule has 0 bridgehead atoms. The van der Waals surface area contributed by atoms with Gasteiger partial charge in [-0.15, -0.1) is 0 Å². The second-order valence-corrected chi connectivity index (χ2v) is 8.32. The molecule has 1 aromatic carbocycles. The van der Waals surface area contributed by atoms with Crippen molar-refractivity contribution in [3.05, 3.63) is 29.8 Å². The fraction of sp³-hybridized carbons (Fsp3) is 0.529.